The Hall–Kier alpha value is -2.27. The second-order valence-electron chi connectivity index (χ2n) is 10.1. The van der Waals surface area contributed by atoms with Gasteiger partial charge in [0.2, 0.25) is 5.88 Å². The topological polar surface area (TPSA) is 121 Å². The zero-order chi connectivity index (χ0) is 23.9. The van der Waals surface area contributed by atoms with E-state index < -0.39 is 9.84 Å². The third-order valence-corrected chi connectivity index (χ3v) is 8.11. The zero-order valence-corrected chi connectivity index (χ0v) is 20.8. The molecule has 0 amide bonds. The van der Waals surface area contributed by atoms with Crippen LogP contribution in [0.25, 0.3) is 0 Å². The summed E-state index contributed by atoms with van der Waals surface area (Å²) in [5.74, 6) is 1.39. The Morgan fingerprint density at radius 3 is 2.21 bits per heavy atom. The van der Waals surface area contributed by atoms with Crippen molar-refractivity contribution in [1.29, 1.82) is 0 Å². The summed E-state index contributed by atoms with van der Waals surface area (Å²) >= 11 is 0. The lowest BCUT2D eigenvalue weighted by atomic mass is 9.93. The lowest BCUT2D eigenvalue weighted by Crippen LogP contribution is -2.47. The average molecular weight is 492 g/mol. The molecule has 0 aromatic carbocycles. The third kappa shape index (κ3) is 5.05. The van der Waals surface area contributed by atoms with Gasteiger partial charge in [0.15, 0.2) is 20.7 Å². The molecule has 10 nitrogen and oxygen atoms in total. The van der Waals surface area contributed by atoms with E-state index >= 15 is 0 Å². The van der Waals surface area contributed by atoms with Crippen LogP contribution in [0.15, 0.2) is 21.9 Å². The van der Waals surface area contributed by atoms with E-state index in [4.69, 9.17) is 14.0 Å². The lowest BCUT2D eigenvalue weighted by Gasteiger charge is -2.39. The summed E-state index contributed by atoms with van der Waals surface area (Å²) in [6.45, 7) is 4.15. The molecule has 2 atom stereocenters. The number of fused-ring (bicyclic) bond motifs is 2. The minimum atomic E-state index is -3.36. The first-order valence-corrected chi connectivity index (χ1v) is 14.1. The molecule has 5 rings (SSSR count). The van der Waals surface area contributed by atoms with Crippen LogP contribution in [-0.2, 0) is 14.6 Å². The molecule has 2 aromatic heterocycles. The van der Waals surface area contributed by atoms with E-state index in [9.17, 15) is 8.42 Å². The summed E-state index contributed by atoms with van der Waals surface area (Å²) in [4.78, 5) is 15.0. The first-order valence-electron chi connectivity index (χ1n) is 12.2. The summed E-state index contributed by atoms with van der Waals surface area (Å²) in [5, 5.41) is 4.10. The maximum absolute atomic E-state index is 11.5. The molecule has 0 spiro atoms. The first kappa shape index (κ1) is 23.5. The minimum Gasteiger partial charge on any atom is -0.473 e. The van der Waals surface area contributed by atoms with Gasteiger partial charge in [-0.1, -0.05) is 19.0 Å². The SMILES string of the molecule is CC(C)c1noc(N2C3CCC2CC(OC2CCC(Oc4cnc(S(C)(=O)=O)cn4)CC2)C3)n1. The number of sulfone groups is 1. The molecule has 2 bridgehead atoms. The fourth-order valence-electron chi connectivity index (χ4n) is 5.40. The maximum Gasteiger partial charge on any atom is 0.324 e. The Morgan fingerprint density at radius 2 is 1.65 bits per heavy atom. The van der Waals surface area contributed by atoms with Crippen LogP contribution in [-0.4, -0.2) is 65.2 Å². The molecule has 0 radical (unpaired) electrons. The van der Waals surface area contributed by atoms with E-state index in [1.54, 1.807) is 0 Å². The van der Waals surface area contributed by atoms with Crippen LogP contribution in [0.3, 0.4) is 0 Å². The van der Waals surface area contributed by atoms with Crippen LogP contribution in [0.1, 0.15) is 77.0 Å². The Kier molecular flexibility index (Phi) is 6.49. The van der Waals surface area contributed by atoms with Crippen molar-refractivity contribution in [2.45, 2.75) is 107 Å². The van der Waals surface area contributed by atoms with E-state index in [0.717, 1.165) is 63.4 Å². The second-order valence-corrected chi connectivity index (χ2v) is 12.1. The van der Waals surface area contributed by atoms with Crippen molar-refractivity contribution < 1.29 is 22.4 Å². The number of hydrogen-bond acceptors (Lipinski definition) is 10. The molecule has 3 aliphatic rings. The quantitative estimate of drug-likeness (QED) is 0.570. The van der Waals surface area contributed by atoms with Crippen LogP contribution in [0, 0.1) is 0 Å². The van der Waals surface area contributed by atoms with Gasteiger partial charge in [-0.2, -0.15) is 4.98 Å². The standard InChI is InChI=1S/C23H33N5O5S/c1-14(2)22-26-23(33-27-22)28-15-4-5-16(28)11-19(10-15)31-17-6-8-18(9-7-17)32-20-12-25-21(13-24-20)34(3,29)30/h12-19H,4-11H2,1-3H3. The molecular formula is C23H33N5O5S. The van der Waals surface area contributed by atoms with Crippen molar-refractivity contribution in [3.8, 4) is 5.88 Å². The number of rotatable bonds is 7. The van der Waals surface area contributed by atoms with Crippen molar-refractivity contribution in [3.63, 3.8) is 0 Å². The highest BCUT2D eigenvalue weighted by Gasteiger charge is 2.44. The smallest absolute Gasteiger partial charge is 0.324 e. The largest absolute Gasteiger partial charge is 0.473 e. The number of piperidine rings is 1. The summed E-state index contributed by atoms with van der Waals surface area (Å²) in [6, 6.07) is 1.47. The molecule has 1 saturated carbocycles. The Balaban J connectivity index is 1.10. The van der Waals surface area contributed by atoms with Gasteiger partial charge >= 0.3 is 6.01 Å². The Morgan fingerprint density at radius 1 is 0.971 bits per heavy atom. The van der Waals surface area contributed by atoms with E-state index in [1.807, 2.05) is 0 Å². The zero-order valence-electron chi connectivity index (χ0n) is 20.0. The van der Waals surface area contributed by atoms with Crippen LogP contribution in [0.4, 0.5) is 6.01 Å². The van der Waals surface area contributed by atoms with Gasteiger partial charge in [0.05, 0.1) is 24.6 Å². The van der Waals surface area contributed by atoms with Crippen LogP contribution >= 0.6 is 0 Å². The normalized spacial score (nSPS) is 29.5. The van der Waals surface area contributed by atoms with E-state index in [0.29, 0.717) is 24.0 Å². The summed E-state index contributed by atoms with van der Waals surface area (Å²) < 4.78 is 41.1. The van der Waals surface area contributed by atoms with Gasteiger partial charge in [-0.15, -0.1) is 0 Å². The predicted molar refractivity (Wildman–Crippen MR) is 124 cm³/mol. The van der Waals surface area contributed by atoms with Gasteiger partial charge < -0.3 is 18.9 Å². The van der Waals surface area contributed by atoms with Crippen LogP contribution in [0.2, 0.25) is 0 Å². The number of anilines is 1. The molecule has 186 valence electrons. The van der Waals surface area contributed by atoms with E-state index in [-0.39, 0.29) is 29.3 Å². The van der Waals surface area contributed by atoms with Crippen molar-refractivity contribution in [2.24, 2.45) is 0 Å². The molecule has 2 saturated heterocycles. The van der Waals surface area contributed by atoms with Gasteiger partial charge in [0.1, 0.15) is 6.10 Å². The van der Waals surface area contributed by atoms with Gasteiger partial charge in [-0.3, -0.25) is 0 Å². The minimum absolute atomic E-state index is 0.0450. The summed E-state index contributed by atoms with van der Waals surface area (Å²) in [5.41, 5.74) is 0. The highest BCUT2D eigenvalue weighted by atomic mass is 32.2. The summed E-state index contributed by atoms with van der Waals surface area (Å²) in [7, 11) is -3.36. The van der Waals surface area contributed by atoms with Crippen molar-refractivity contribution in [1.82, 2.24) is 20.1 Å². The molecule has 3 fully saturated rings. The molecule has 4 heterocycles. The molecule has 2 unspecified atom stereocenters. The Labute approximate surface area is 200 Å². The van der Waals surface area contributed by atoms with E-state index in [2.05, 4.69) is 38.9 Å². The molecule has 2 aromatic rings. The molecule has 11 heteroatoms. The van der Waals surface area contributed by atoms with E-state index in [1.165, 1.54) is 12.4 Å². The Bertz CT molecular complexity index is 1070. The molecule has 0 N–H and O–H groups in total. The fourth-order valence-corrected chi connectivity index (χ4v) is 5.89. The average Bonchev–Trinajstić information content (AvgIpc) is 3.37. The number of hydrogen-bond donors (Lipinski definition) is 0. The highest BCUT2D eigenvalue weighted by molar-refractivity contribution is 7.90. The van der Waals surface area contributed by atoms with Gasteiger partial charge in [-0.05, 0) is 51.4 Å². The first-order chi connectivity index (χ1) is 16.3. The summed E-state index contributed by atoms with van der Waals surface area (Å²) in [6.07, 6.45) is 12.2. The molecule has 34 heavy (non-hydrogen) atoms. The highest BCUT2D eigenvalue weighted by Crippen LogP contribution is 2.41. The van der Waals surface area contributed by atoms with Gasteiger partial charge in [0, 0.05) is 24.3 Å². The monoisotopic (exact) mass is 491 g/mol. The van der Waals surface area contributed by atoms with Crippen molar-refractivity contribution >= 4 is 15.9 Å². The van der Waals surface area contributed by atoms with Crippen LogP contribution in [0.5, 0.6) is 5.88 Å². The number of aromatic nitrogens is 4. The predicted octanol–water partition coefficient (Wildman–Crippen LogP) is 3.29. The molecular weight excluding hydrogens is 458 g/mol. The number of nitrogens with zero attached hydrogens (tertiary/aromatic N) is 5. The number of ether oxygens (including phenoxy) is 2. The van der Waals surface area contributed by atoms with Crippen LogP contribution < -0.4 is 9.64 Å². The maximum atomic E-state index is 11.5. The third-order valence-electron chi connectivity index (χ3n) is 7.14. The molecule has 1 aliphatic carbocycles. The van der Waals surface area contributed by atoms with Gasteiger partial charge in [-0.25, -0.2) is 18.4 Å². The van der Waals surface area contributed by atoms with Crippen molar-refractivity contribution in [2.75, 3.05) is 11.2 Å². The second kappa shape index (κ2) is 9.41. The van der Waals surface area contributed by atoms with Gasteiger partial charge in [0.25, 0.3) is 0 Å². The lowest BCUT2D eigenvalue weighted by molar-refractivity contribution is -0.0589. The molecule has 2 aliphatic heterocycles. The van der Waals surface area contributed by atoms with Crippen molar-refractivity contribution in [3.05, 3.63) is 18.2 Å². The fraction of sp³-hybridized carbons (Fsp3) is 0.739.